The van der Waals surface area contributed by atoms with Crippen LogP contribution in [-0.4, -0.2) is 40.4 Å². The fourth-order valence-electron chi connectivity index (χ4n) is 5.18. The fraction of sp³-hybridized carbons (Fsp3) is 0.750. The van der Waals surface area contributed by atoms with Gasteiger partial charge in [-0.1, -0.05) is 37.5 Å². The molecule has 1 unspecified atom stereocenters. The number of carbonyl (C=O) groups excluding carboxylic acids is 1. The van der Waals surface area contributed by atoms with Gasteiger partial charge in [-0.25, -0.2) is 0 Å². The van der Waals surface area contributed by atoms with Crippen LogP contribution in [-0.2, 0) is 4.79 Å². The van der Waals surface area contributed by atoms with Crippen LogP contribution in [0.2, 0.25) is 0 Å². The molecule has 3 aliphatic rings. The summed E-state index contributed by atoms with van der Waals surface area (Å²) < 4.78 is 0. The molecule has 0 aromatic carbocycles. The average molecular weight is 334 g/mol. The quantitative estimate of drug-likeness (QED) is 0.693. The third-order valence-corrected chi connectivity index (χ3v) is 6.79. The Morgan fingerprint density at radius 2 is 2.00 bits per heavy atom. The lowest BCUT2D eigenvalue weighted by Crippen LogP contribution is -2.25. The summed E-state index contributed by atoms with van der Waals surface area (Å²) in [5, 5.41) is 29.7. The molecule has 0 amide bonds. The van der Waals surface area contributed by atoms with Crippen molar-refractivity contribution in [3.63, 3.8) is 0 Å². The van der Waals surface area contributed by atoms with Gasteiger partial charge in [0.15, 0.2) is 5.78 Å². The monoisotopic (exact) mass is 334 g/mol. The SMILES string of the molecule is CC(CO)C1=C2CC[C@H](CO)C3=C(C[C@@]2(C)CC1)[C@H](C)[C@@H](O)C3=O. The second kappa shape index (κ2) is 6.40. The molecule has 5 atom stereocenters. The number of hydrogen-bond acceptors (Lipinski definition) is 4. The Balaban J connectivity index is 2.07. The molecule has 0 bridgehead atoms. The Morgan fingerprint density at radius 1 is 1.29 bits per heavy atom. The summed E-state index contributed by atoms with van der Waals surface area (Å²) in [6.45, 7) is 6.40. The van der Waals surface area contributed by atoms with Gasteiger partial charge < -0.3 is 15.3 Å². The molecule has 0 aromatic rings. The number of aliphatic hydroxyl groups excluding tert-OH is 3. The van der Waals surface area contributed by atoms with Gasteiger partial charge in [0.2, 0.25) is 0 Å². The van der Waals surface area contributed by atoms with Crippen molar-refractivity contribution < 1.29 is 20.1 Å². The minimum absolute atomic E-state index is 0.0123. The van der Waals surface area contributed by atoms with Crippen LogP contribution in [0.3, 0.4) is 0 Å². The molecule has 0 saturated heterocycles. The van der Waals surface area contributed by atoms with E-state index in [0.717, 1.165) is 37.7 Å². The summed E-state index contributed by atoms with van der Waals surface area (Å²) in [5.41, 5.74) is 4.58. The maximum Gasteiger partial charge on any atom is 0.188 e. The normalized spacial score (nSPS) is 38.1. The Hall–Kier alpha value is -0.970. The average Bonchev–Trinajstić information content (AvgIpc) is 2.97. The zero-order valence-electron chi connectivity index (χ0n) is 15.0. The highest BCUT2D eigenvalue weighted by Gasteiger charge is 2.47. The molecule has 3 N–H and O–H groups in total. The number of allylic oxidation sites excluding steroid dienone is 1. The number of rotatable bonds is 3. The predicted molar refractivity (Wildman–Crippen MR) is 92.2 cm³/mol. The molecule has 4 nitrogen and oxygen atoms in total. The Labute approximate surface area is 144 Å². The number of Topliss-reactive ketones (excluding diaryl/α,β-unsaturated/α-hetero) is 1. The molecule has 0 aromatic heterocycles. The maximum atomic E-state index is 12.5. The van der Waals surface area contributed by atoms with Crippen LogP contribution in [0.4, 0.5) is 0 Å². The van der Waals surface area contributed by atoms with Gasteiger partial charge >= 0.3 is 0 Å². The zero-order chi connectivity index (χ0) is 17.6. The summed E-state index contributed by atoms with van der Waals surface area (Å²) in [6, 6.07) is 0. The smallest absolute Gasteiger partial charge is 0.188 e. The number of aliphatic hydroxyl groups is 3. The van der Waals surface area contributed by atoms with E-state index in [2.05, 4.69) is 13.8 Å². The molecule has 134 valence electrons. The summed E-state index contributed by atoms with van der Waals surface area (Å²) in [6.07, 6.45) is 3.50. The van der Waals surface area contributed by atoms with Crippen LogP contribution < -0.4 is 0 Å². The molecule has 0 saturated carbocycles. The molecule has 0 radical (unpaired) electrons. The molecule has 0 fully saturated rings. The van der Waals surface area contributed by atoms with E-state index in [0.29, 0.717) is 5.57 Å². The standard InChI is InChI=1S/C20H30O4/c1-11(9-21)14-6-7-20(3)8-15-12(2)18(23)19(24)17(15)13(10-22)4-5-16(14)20/h11-13,18,21-23H,4-10H2,1-3H3/t11?,12-,13+,18+,20+/m0/s1. The van der Waals surface area contributed by atoms with Gasteiger partial charge in [0, 0.05) is 29.9 Å². The topological polar surface area (TPSA) is 77.8 Å². The van der Waals surface area contributed by atoms with E-state index in [1.807, 2.05) is 6.92 Å². The summed E-state index contributed by atoms with van der Waals surface area (Å²) in [4.78, 5) is 12.5. The summed E-state index contributed by atoms with van der Waals surface area (Å²) in [5.74, 6) is -0.322. The van der Waals surface area contributed by atoms with Crippen molar-refractivity contribution >= 4 is 5.78 Å². The molecular weight excluding hydrogens is 304 g/mol. The molecule has 0 spiro atoms. The molecular formula is C20H30O4. The van der Waals surface area contributed by atoms with Gasteiger partial charge in [-0.3, -0.25) is 4.79 Å². The fourth-order valence-corrected chi connectivity index (χ4v) is 5.18. The lowest BCUT2D eigenvalue weighted by molar-refractivity contribution is -0.124. The van der Waals surface area contributed by atoms with Gasteiger partial charge in [0.05, 0.1) is 6.61 Å². The zero-order valence-corrected chi connectivity index (χ0v) is 15.0. The van der Waals surface area contributed by atoms with E-state index in [4.69, 9.17) is 0 Å². The highest BCUT2D eigenvalue weighted by Crippen LogP contribution is 2.55. The largest absolute Gasteiger partial charge is 0.396 e. The van der Waals surface area contributed by atoms with Crippen LogP contribution in [0.5, 0.6) is 0 Å². The van der Waals surface area contributed by atoms with Gasteiger partial charge in [-0.15, -0.1) is 0 Å². The third kappa shape index (κ3) is 2.59. The second-order valence-electron chi connectivity index (χ2n) is 8.28. The van der Waals surface area contributed by atoms with Crippen LogP contribution in [0.1, 0.15) is 52.9 Å². The molecule has 3 rings (SSSR count). The van der Waals surface area contributed by atoms with Gasteiger partial charge in [-0.2, -0.15) is 0 Å². The van der Waals surface area contributed by atoms with E-state index in [-0.39, 0.29) is 42.2 Å². The van der Waals surface area contributed by atoms with Crippen molar-refractivity contribution in [2.45, 2.75) is 59.0 Å². The molecule has 0 heterocycles. The first-order chi connectivity index (χ1) is 11.3. The Morgan fingerprint density at radius 3 is 2.62 bits per heavy atom. The number of hydrogen-bond donors (Lipinski definition) is 3. The number of ketones is 1. The minimum atomic E-state index is -0.949. The van der Waals surface area contributed by atoms with Gasteiger partial charge in [0.25, 0.3) is 0 Å². The van der Waals surface area contributed by atoms with Crippen molar-refractivity contribution in [3.05, 3.63) is 22.3 Å². The van der Waals surface area contributed by atoms with Crippen LogP contribution >= 0.6 is 0 Å². The summed E-state index contributed by atoms with van der Waals surface area (Å²) >= 11 is 0. The van der Waals surface area contributed by atoms with Crippen molar-refractivity contribution in [1.82, 2.24) is 0 Å². The van der Waals surface area contributed by atoms with Crippen molar-refractivity contribution in [2.75, 3.05) is 13.2 Å². The van der Waals surface area contributed by atoms with E-state index < -0.39 is 6.10 Å². The highest BCUT2D eigenvalue weighted by atomic mass is 16.3. The third-order valence-electron chi connectivity index (χ3n) is 6.79. The van der Waals surface area contributed by atoms with Crippen LogP contribution in [0.15, 0.2) is 22.3 Å². The van der Waals surface area contributed by atoms with Crippen molar-refractivity contribution in [2.24, 2.45) is 23.2 Å². The van der Waals surface area contributed by atoms with E-state index in [9.17, 15) is 20.1 Å². The number of carbonyl (C=O) groups is 1. The van der Waals surface area contributed by atoms with E-state index >= 15 is 0 Å². The second-order valence-corrected chi connectivity index (χ2v) is 8.28. The first-order valence-electron chi connectivity index (χ1n) is 9.23. The lowest BCUT2D eigenvalue weighted by atomic mass is 9.70. The molecule has 3 aliphatic carbocycles. The van der Waals surface area contributed by atoms with Gasteiger partial charge in [-0.05, 0) is 37.5 Å². The summed E-state index contributed by atoms with van der Waals surface area (Å²) in [7, 11) is 0. The van der Waals surface area contributed by atoms with Crippen molar-refractivity contribution in [3.8, 4) is 0 Å². The molecule has 24 heavy (non-hydrogen) atoms. The Kier molecular flexibility index (Phi) is 4.75. The first kappa shape index (κ1) is 17.8. The van der Waals surface area contributed by atoms with Gasteiger partial charge in [0.1, 0.15) is 6.10 Å². The predicted octanol–water partition coefficient (Wildman–Crippen LogP) is 2.38. The lowest BCUT2D eigenvalue weighted by Gasteiger charge is -2.35. The van der Waals surface area contributed by atoms with Crippen molar-refractivity contribution in [1.29, 1.82) is 0 Å². The first-order valence-corrected chi connectivity index (χ1v) is 9.23. The highest BCUT2D eigenvalue weighted by molar-refractivity contribution is 6.03. The number of fused-ring (bicyclic) bond motifs is 1. The molecule has 4 heteroatoms. The van der Waals surface area contributed by atoms with Crippen LogP contribution in [0, 0.1) is 23.2 Å². The minimum Gasteiger partial charge on any atom is -0.396 e. The maximum absolute atomic E-state index is 12.5. The van der Waals surface area contributed by atoms with E-state index in [1.54, 1.807) is 0 Å². The van der Waals surface area contributed by atoms with Crippen LogP contribution in [0.25, 0.3) is 0 Å². The Bertz CT molecular complexity index is 603. The van der Waals surface area contributed by atoms with E-state index in [1.165, 1.54) is 11.1 Å². The molecule has 0 aliphatic heterocycles.